The molecule has 0 aromatic heterocycles. The third-order valence-electron chi connectivity index (χ3n) is 0.943. The Morgan fingerprint density at radius 2 is 2.30 bits per heavy atom. The fourth-order valence-corrected chi connectivity index (χ4v) is 0.292. The van der Waals surface area contributed by atoms with E-state index in [4.69, 9.17) is 5.73 Å². The number of hydrogen-bond donors (Lipinski definition) is 2. The molecule has 0 amide bonds. The molecule has 3 N–H and O–H groups in total. The van der Waals surface area contributed by atoms with Crippen molar-refractivity contribution in [1.82, 2.24) is 0 Å². The molecule has 0 aromatic carbocycles. The Balaban J connectivity index is 4.15. The van der Waals surface area contributed by atoms with E-state index < -0.39 is 5.60 Å². The molecule has 10 heavy (non-hydrogen) atoms. The van der Waals surface area contributed by atoms with Crippen LogP contribution in [-0.2, 0) is 0 Å². The number of aliphatic hydroxyl groups is 1. The van der Waals surface area contributed by atoms with Gasteiger partial charge in [-0.2, -0.15) is 0 Å². The third kappa shape index (κ3) is 4.13. The van der Waals surface area contributed by atoms with Crippen molar-refractivity contribution in [2.24, 2.45) is 5.73 Å². The van der Waals surface area contributed by atoms with Crippen LogP contribution in [-0.4, -0.2) is 17.3 Å². The summed E-state index contributed by atoms with van der Waals surface area (Å²) in [4.78, 5) is 0. The average Bonchev–Trinajstić information content (AvgIpc) is 1.85. The van der Waals surface area contributed by atoms with E-state index >= 15 is 0 Å². The van der Waals surface area contributed by atoms with E-state index in [1.165, 1.54) is 0 Å². The minimum Gasteiger partial charge on any atom is -0.377 e. The van der Waals surface area contributed by atoms with Gasteiger partial charge in [0.05, 0.1) is 0 Å². The third-order valence-corrected chi connectivity index (χ3v) is 0.943. The molecule has 1 unspecified atom stereocenters. The minimum absolute atomic E-state index is 0.146. The number of allylic oxidation sites excluding steroid dienone is 1. The topological polar surface area (TPSA) is 46.2 Å². The molecule has 0 spiro atoms. The van der Waals surface area contributed by atoms with Gasteiger partial charge in [0.2, 0.25) is 0 Å². The minimum atomic E-state index is -1.07. The Bertz CT molecular complexity index is 183. The average molecular weight is 139 g/mol. The number of nitrogens with two attached hydrogens (primary N) is 1. The van der Waals surface area contributed by atoms with Gasteiger partial charge >= 0.3 is 0 Å². The number of rotatable bonds is 1. The smallest absolute Gasteiger partial charge is 0.135 e. The van der Waals surface area contributed by atoms with Crippen LogP contribution in [0.2, 0.25) is 0 Å². The summed E-state index contributed by atoms with van der Waals surface area (Å²) in [5.41, 5.74) is 4.87. The maximum Gasteiger partial charge on any atom is 0.135 e. The SMILES string of the molecule is C=C(C)C#CC(C)(O)CN. The summed E-state index contributed by atoms with van der Waals surface area (Å²) in [5, 5.41) is 9.23. The first kappa shape index (κ1) is 9.22. The molecule has 0 aliphatic carbocycles. The van der Waals surface area contributed by atoms with E-state index in [2.05, 4.69) is 18.4 Å². The molecule has 0 heterocycles. The lowest BCUT2D eigenvalue weighted by Crippen LogP contribution is -2.32. The highest BCUT2D eigenvalue weighted by Gasteiger charge is 2.12. The summed E-state index contributed by atoms with van der Waals surface area (Å²) in [6.45, 7) is 7.06. The molecule has 0 aliphatic heterocycles. The first-order valence-corrected chi connectivity index (χ1v) is 3.09. The van der Waals surface area contributed by atoms with Gasteiger partial charge in [0.1, 0.15) is 5.60 Å². The van der Waals surface area contributed by atoms with Gasteiger partial charge in [0.25, 0.3) is 0 Å². The zero-order chi connectivity index (χ0) is 8.20. The summed E-state index contributed by atoms with van der Waals surface area (Å²) in [7, 11) is 0. The molecule has 0 aliphatic rings. The van der Waals surface area contributed by atoms with Crippen molar-refractivity contribution in [2.75, 3.05) is 6.54 Å². The molecule has 56 valence electrons. The van der Waals surface area contributed by atoms with Gasteiger partial charge in [-0.1, -0.05) is 18.4 Å². The van der Waals surface area contributed by atoms with Gasteiger partial charge in [-0.3, -0.25) is 0 Å². The van der Waals surface area contributed by atoms with Crippen LogP contribution in [0.15, 0.2) is 12.2 Å². The summed E-state index contributed by atoms with van der Waals surface area (Å²) in [5.74, 6) is 5.25. The predicted molar refractivity (Wildman–Crippen MR) is 42.3 cm³/mol. The highest BCUT2D eigenvalue weighted by molar-refractivity contribution is 5.27. The molecular formula is C8H13NO. The number of hydrogen-bond acceptors (Lipinski definition) is 2. The van der Waals surface area contributed by atoms with Crippen LogP contribution in [0.5, 0.6) is 0 Å². The fraction of sp³-hybridized carbons (Fsp3) is 0.500. The van der Waals surface area contributed by atoms with Crippen molar-refractivity contribution in [1.29, 1.82) is 0 Å². The molecule has 0 saturated carbocycles. The van der Waals surface area contributed by atoms with E-state index in [-0.39, 0.29) is 6.54 Å². The van der Waals surface area contributed by atoms with Crippen LogP contribution in [0.1, 0.15) is 13.8 Å². The van der Waals surface area contributed by atoms with Crippen LogP contribution in [0, 0.1) is 11.8 Å². The largest absolute Gasteiger partial charge is 0.377 e. The second kappa shape index (κ2) is 3.40. The van der Waals surface area contributed by atoms with Gasteiger partial charge in [0.15, 0.2) is 0 Å². The molecule has 2 nitrogen and oxygen atoms in total. The van der Waals surface area contributed by atoms with Gasteiger partial charge in [-0.25, -0.2) is 0 Å². The lowest BCUT2D eigenvalue weighted by atomic mass is 10.1. The molecule has 0 saturated heterocycles. The summed E-state index contributed by atoms with van der Waals surface area (Å²) >= 11 is 0. The standard InChI is InChI=1S/C8H13NO/c1-7(2)4-5-8(3,10)6-9/h10H,1,6,9H2,2-3H3. The predicted octanol–water partition coefficient (Wildman–Crippen LogP) is 0.276. The normalized spacial score (nSPS) is 14.8. The van der Waals surface area contributed by atoms with E-state index in [0.717, 1.165) is 5.57 Å². The lowest BCUT2D eigenvalue weighted by Gasteiger charge is -2.11. The van der Waals surface area contributed by atoms with Gasteiger partial charge in [-0.05, 0) is 19.4 Å². The summed E-state index contributed by atoms with van der Waals surface area (Å²) in [6, 6.07) is 0. The Hall–Kier alpha value is -0.780. The monoisotopic (exact) mass is 139 g/mol. The van der Waals surface area contributed by atoms with Crippen molar-refractivity contribution in [2.45, 2.75) is 19.4 Å². The fourth-order valence-electron chi connectivity index (χ4n) is 0.292. The second-order valence-electron chi connectivity index (χ2n) is 2.51. The lowest BCUT2D eigenvalue weighted by molar-refractivity contribution is 0.131. The van der Waals surface area contributed by atoms with Crippen molar-refractivity contribution in [3.8, 4) is 11.8 Å². The second-order valence-corrected chi connectivity index (χ2v) is 2.51. The Morgan fingerprint density at radius 3 is 2.60 bits per heavy atom. The van der Waals surface area contributed by atoms with E-state index in [0.29, 0.717) is 0 Å². The zero-order valence-electron chi connectivity index (χ0n) is 6.44. The first-order valence-electron chi connectivity index (χ1n) is 3.09. The Morgan fingerprint density at radius 1 is 1.80 bits per heavy atom. The maximum atomic E-state index is 9.23. The molecule has 0 fully saturated rings. The van der Waals surface area contributed by atoms with Crippen LogP contribution in [0.4, 0.5) is 0 Å². The van der Waals surface area contributed by atoms with Crippen molar-refractivity contribution in [3.05, 3.63) is 12.2 Å². The van der Waals surface area contributed by atoms with E-state index in [1.807, 2.05) is 0 Å². The highest BCUT2D eigenvalue weighted by atomic mass is 16.3. The van der Waals surface area contributed by atoms with Crippen molar-refractivity contribution >= 4 is 0 Å². The van der Waals surface area contributed by atoms with E-state index in [9.17, 15) is 5.11 Å². The zero-order valence-corrected chi connectivity index (χ0v) is 6.44. The molecule has 1 atom stereocenters. The van der Waals surface area contributed by atoms with Crippen LogP contribution in [0.25, 0.3) is 0 Å². The van der Waals surface area contributed by atoms with Crippen LogP contribution in [0.3, 0.4) is 0 Å². The Labute approximate surface area is 61.7 Å². The van der Waals surface area contributed by atoms with Crippen LogP contribution < -0.4 is 5.73 Å². The quantitative estimate of drug-likeness (QED) is 0.512. The molecule has 0 aromatic rings. The molecular weight excluding hydrogens is 126 g/mol. The van der Waals surface area contributed by atoms with Crippen LogP contribution >= 0.6 is 0 Å². The molecule has 2 heteroatoms. The van der Waals surface area contributed by atoms with Gasteiger partial charge < -0.3 is 10.8 Å². The summed E-state index contributed by atoms with van der Waals surface area (Å²) in [6.07, 6.45) is 0. The molecule has 0 radical (unpaired) electrons. The maximum absolute atomic E-state index is 9.23. The van der Waals surface area contributed by atoms with Crippen molar-refractivity contribution < 1.29 is 5.11 Å². The van der Waals surface area contributed by atoms with Crippen molar-refractivity contribution in [3.63, 3.8) is 0 Å². The van der Waals surface area contributed by atoms with E-state index in [1.54, 1.807) is 13.8 Å². The van der Waals surface area contributed by atoms with Gasteiger partial charge in [0, 0.05) is 6.54 Å². The molecule has 0 rings (SSSR count). The Kier molecular flexibility index (Phi) is 3.14. The molecule has 0 bridgehead atoms. The first-order chi connectivity index (χ1) is 4.48. The summed E-state index contributed by atoms with van der Waals surface area (Å²) < 4.78 is 0. The highest BCUT2D eigenvalue weighted by Crippen LogP contribution is 1.97. The van der Waals surface area contributed by atoms with Gasteiger partial charge in [-0.15, -0.1) is 0 Å².